The Morgan fingerprint density at radius 1 is 1.19 bits per heavy atom. The lowest BCUT2D eigenvalue weighted by Gasteiger charge is -2.16. The minimum atomic E-state index is -1.04. The summed E-state index contributed by atoms with van der Waals surface area (Å²) < 4.78 is 25.0. The molecule has 0 bridgehead atoms. The van der Waals surface area contributed by atoms with Crippen molar-refractivity contribution in [2.75, 3.05) is 7.11 Å². The van der Waals surface area contributed by atoms with Crippen LogP contribution >= 0.6 is 11.6 Å². The SMILES string of the molecule is COc1cccc(CNC(=O)CCC(=O)O)c1OCc1c(F)cccc1Cl. The highest BCUT2D eigenvalue weighted by Gasteiger charge is 2.15. The number of para-hydroxylation sites is 1. The zero-order valence-corrected chi connectivity index (χ0v) is 15.4. The number of amides is 1. The monoisotopic (exact) mass is 395 g/mol. The van der Waals surface area contributed by atoms with E-state index in [-0.39, 0.29) is 36.6 Å². The largest absolute Gasteiger partial charge is 0.493 e. The number of carbonyl (C=O) groups is 2. The Bertz CT molecular complexity index is 807. The second-order valence-corrected chi connectivity index (χ2v) is 6.02. The van der Waals surface area contributed by atoms with Gasteiger partial charge < -0.3 is 19.9 Å². The van der Waals surface area contributed by atoms with Crippen LogP contribution in [0.4, 0.5) is 4.39 Å². The molecular weight excluding hydrogens is 377 g/mol. The Hall–Kier alpha value is -2.80. The van der Waals surface area contributed by atoms with Crippen LogP contribution in [-0.2, 0) is 22.7 Å². The van der Waals surface area contributed by atoms with Crippen LogP contribution in [0, 0.1) is 5.82 Å². The minimum absolute atomic E-state index is 0.107. The Kier molecular flexibility index (Phi) is 7.43. The summed E-state index contributed by atoms with van der Waals surface area (Å²) in [6.45, 7) is -0.0121. The Labute approximate surface area is 160 Å². The summed E-state index contributed by atoms with van der Waals surface area (Å²) in [7, 11) is 1.47. The van der Waals surface area contributed by atoms with Gasteiger partial charge in [-0.05, 0) is 18.2 Å². The van der Waals surface area contributed by atoms with Crippen LogP contribution in [0.1, 0.15) is 24.0 Å². The van der Waals surface area contributed by atoms with E-state index in [0.29, 0.717) is 17.1 Å². The average molecular weight is 396 g/mol. The number of benzene rings is 2. The van der Waals surface area contributed by atoms with Crippen LogP contribution in [0.5, 0.6) is 11.5 Å². The van der Waals surface area contributed by atoms with Gasteiger partial charge in [0.2, 0.25) is 5.91 Å². The molecule has 0 saturated carbocycles. The first-order chi connectivity index (χ1) is 12.9. The van der Waals surface area contributed by atoms with Crippen LogP contribution in [0.3, 0.4) is 0 Å². The normalized spacial score (nSPS) is 10.3. The molecule has 0 spiro atoms. The van der Waals surface area contributed by atoms with Crippen molar-refractivity contribution in [2.24, 2.45) is 0 Å². The van der Waals surface area contributed by atoms with Gasteiger partial charge in [-0.3, -0.25) is 9.59 Å². The molecule has 0 atom stereocenters. The van der Waals surface area contributed by atoms with E-state index in [1.165, 1.54) is 19.2 Å². The van der Waals surface area contributed by atoms with E-state index in [9.17, 15) is 14.0 Å². The number of ether oxygens (including phenoxy) is 2. The quantitative estimate of drug-likeness (QED) is 0.678. The highest BCUT2D eigenvalue weighted by Crippen LogP contribution is 2.32. The molecule has 2 rings (SSSR count). The third-order valence-corrected chi connectivity index (χ3v) is 4.10. The van der Waals surface area contributed by atoms with E-state index in [1.54, 1.807) is 24.3 Å². The molecule has 0 fully saturated rings. The molecule has 0 saturated heterocycles. The Morgan fingerprint density at radius 2 is 1.93 bits per heavy atom. The predicted molar refractivity (Wildman–Crippen MR) is 97.5 cm³/mol. The highest BCUT2D eigenvalue weighted by atomic mass is 35.5. The summed E-state index contributed by atoms with van der Waals surface area (Å²) in [5.41, 5.74) is 0.812. The molecule has 2 aromatic rings. The zero-order valence-electron chi connectivity index (χ0n) is 14.6. The van der Waals surface area contributed by atoms with Crippen molar-refractivity contribution < 1.29 is 28.6 Å². The summed E-state index contributed by atoms with van der Waals surface area (Å²) >= 11 is 6.02. The topological polar surface area (TPSA) is 84.9 Å². The molecule has 0 radical (unpaired) electrons. The first-order valence-corrected chi connectivity index (χ1v) is 8.50. The molecule has 8 heteroatoms. The third kappa shape index (κ3) is 5.86. The van der Waals surface area contributed by atoms with Gasteiger partial charge in [-0.1, -0.05) is 29.8 Å². The molecule has 0 heterocycles. The molecule has 0 aliphatic rings. The maximum absolute atomic E-state index is 13.9. The van der Waals surface area contributed by atoms with Crippen molar-refractivity contribution in [1.29, 1.82) is 0 Å². The van der Waals surface area contributed by atoms with Gasteiger partial charge in [0.15, 0.2) is 11.5 Å². The molecule has 0 unspecified atom stereocenters. The lowest BCUT2D eigenvalue weighted by atomic mass is 10.1. The molecule has 0 aliphatic heterocycles. The molecule has 1 amide bonds. The van der Waals surface area contributed by atoms with Crippen molar-refractivity contribution in [3.63, 3.8) is 0 Å². The standard InChI is InChI=1S/C19H19ClFNO5/c1-26-16-7-2-4-12(10-22-17(23)8-9-18(24)25)19(16)27-11-13-14(20)5-3-6-15(13)21/h2-7H,8-11H2,1H3,(H,22,23)(H,24,25). The number of hydrogen-bond donors (Lipinski definition) is 2. The first-order valence-electron chi connectivity index (χ1n) is 8.12. The number of halogens is 2. The lowest BCUT2D eigenvalue weighted by Crippen LogP contribution is -2.23. The fraction of sp³-hybridized carbons (Fsp3) is 0.263. The molecular formula is C19H19ClFNO5. The van der Waals surface area contributed by atoms with E-state index in [4.69, 9.17) is 26.2 Å². The van der Waals surface area contributed by atoms with Gasteiger partial charge in [0.05, 0.1) is 18.6 Å². The van der Waals surface area contributed by atoms with Gasteiger partial charge in [-0.2, -0.15) is 0 Å². The predicted octanol–water partition coefficient (Wildman–Crippen LogP) is 3.55. The van der Waals surface area contributed by atoms with E-state index in [2.05, 4.69) is 5.32 Å². The number of hydrogen-bond acceptors (Lipinski definition) is 4. The van der Waals surface area contributed by atoms with Gasteiger partial charge in [0, 0.05) is 24.1 Å². The number of nitrogens with one attached hydrogen (secondary N) is 1. The van der Waals surface area contributed by atoms with Crippen molar-refractivity contribution in [2.45, 2.75) is 26.0 Å². The first kappa shape index (κ1) is 20.5. The number of methoxy groups -OCH3 is 1. The van der Waals surface area contributed by atoms with E-state index in [0.717, 1.165) is 0 Å². The molecule has 2 N–H and O–H groups in total. The second-order valence-electron chi connectivity index (χ2n) is 5.61. The molecule has 27 heavy (non-hydrogen) atoms. The number of aliphatic carboxylic acids is 1. The molecule has 0 aliphatic carbocycles. The van der Waals surface area contributed by atoms with E-state index in [1.807, 2.05) is 0 Å². The zero-order chi connectivity index (χ0) is 19.8. The number of carboxylic acids is 1. The van der Waals surface area contributed by atoms with Crippen molar-refractivity contribution in [1.82, 2.24) is 5.32 Å². The van der Waals surface area contributed by atoms with Crippen LogP contribution in [0.15, 0.2) is 36.4 Å². The van der Waals surface area contributed by atoms with Crippen molar-refractivity contribution >= 4 is 23.5 Å². The second kappa shape index (κ2) is 9.78. The van der Waals surface area contributed by atoms with Gasteiger partial charge in [-0.15, -0.1) is 0 Å². The summed E-state index contributed by atoms with van der Waals surface area (Å²) in [6.07, 6.45) is -0.376. The van der Waals surface area contributed by atoms with Crippen molar-refractivity contribution in [3.8, 4) is 11.5 Å². The fourth-order valence-electron chi connectivity index (χ4n) is 2.34. The highest BCUT2D eigenvalue weighted by molar-refractivity contribution is 6.31. The van der Waals surface area contributed by atoms with Gasteiger partial charge in [-0.25, -0.2) is 4.39 Å². The van der Waals surface area contributed by atoms with Crippen LogP contribution in [-0.4, -0.2) is 24.1 Å². The van der Waals surface area contributed by atoms with Gasteiger partial charge in [0.25, 0.3) is 0 Å². The molecule has 144 valence electrons. The lowest BCUT2D eigenvalue weighted by molar-refractivity contribution is -0.138. The number of carbonyl (C=O) groups excluding carboxylic acids is 1. The Balaban J connectivity index is 2.12. The fourth-order valence-corrected chi connectivity index (χ4v) is 2.56. The van der Waals surface area contributed by atoms with Crippen LogP contribution in [0.2, 0.25) is 5.02 Å². The Morgan fingerprint density at radius 3 is 2.59 bits per heavy atom. The molecule has 6 nitrogen and oxygen atoms in total. The van der Waals surface area contributed by atoms with Crippen molar-refractivity contribution in [3.05, 3.63) is 58.4 Å². The van der Waals surface area contributed by atoms with E-state index < -0.39 is 17.7 Å². The summed E-state index contributed by atoms with van der Waals surface area (Å²) in [5.74, 6) is -1.17. The third-order valence-electron chi connectivity index (χ3n) is 3.74. The summed E-state index contributed by atoms with van der Waals surface area (Å²) in [5, 5.41) is 11.5. The van der Waals surface area contributed by atoms with Crippen LogP contribution in [0.25, 0.3) is 0 Å². The van der Waals surface area contributed by atoms with Crippen LogP contribution < -0.4 is 14.8 Å². The van der Waals surface area contributed by atoms with E-state index >= 15 is 0 Å². The summed E-state index contributed by atoms with van der Waals surface area (Å²) in [4.78, 5) is 22.3. The maximum atomic E-state index is 13.9. The minimum Gasteiger partial charge on any atom is -0.493 e. The molecule has 0 aromatic heterocycles. The smallest absolute Gasteiger partial charge is 0.303 e. The van der Waals surface area contributed by atoms with Gasteiger partial charge in [0.1, 0.15) is 12.4 Å². The summed E-state index contributed by atoms with van der Waals surface area (Å²) in [6, 6.07) is 9.47. The maximum Gasteiger partial charge on any atom is 0.303 e. The van der Waals surface area contributed by atoms with Gasteiger partial charge >= 0.3 is 5.97 Å². The molecule has 2 aromatic carbocycles. The average Bonchev–Trinajstić information content (AvgIpc) is 2.64. The number of carboxylic acid groups (broad SMARTS) is 1. The number of rotatable bonds is 9.